The van der Waals surface area contributed by atoms with Gasteiger partial charge in [0.15, 0.2) is 0 Å². The summed E-state index contributed by atoms with van der Waals surface area (Å²) in [6.07, 6.45) is -0.00275. The number of aliphatic carboxylic acids is 1. The molecular formula is C10H12BrClO3. The van der Waals surface area contributed by atoms with Gasteiger partial charge in [-0.25, -0.2) is 0 Å². The van der Waals surface area contributed by atoms with Crippen molar-refractivity contribution in [1.82, 2.24) is 0 Å². The van der Waals surface area contributed by atoms with Crippen LogP contribution in [0, 0.1) is 6.92 Å². The third kappa shape index (κ3) is 3.72. The molecule has 1 N–H and O–H groups in total. The van der Waals surface area contributed by atoms with E-state index in [1.807, 2.05) is 13.0 Å². The molecule has 1 aromatic carbocycles. The summed E-state index contributed by atoms with van der Waals surface area (Å²) in [4.78, 5) is 10.5. The molecule has 0 aromatic heterocycles. The van der Waals surface area contributed by atoms with E-state index in [0.29, 0.717) is 5.75 Å². The number of hydrogen-bond donors (Lipinski definition) is 1. The Balaban J connectivity index is 0.00000196. The lowest BCUT2D eigenvalue weighted by atomic mass is 10.1. The minimum atomic E-state index is -0.850. The summed E-state index contributed by atoms with van der Waals surface area (Å²) in [5.41, 5.74) is 1.70. The van der Waals surface area contributed by atoms with Gasteiger partial charge in [0.05, 0.1) is 13.5 Å². The molecule has 0 atom stereocenters. The molecule has 0 saturated carbocycles. The summed E-state index contributed by atoms with van der Waals surface area (Å²) < 4.78 is 5.91. The Bertz CT molecular complexity index is 366. The van der Waals surface area contributed by atoms with E-state index in [4.69, 9.17) is 9.84 Å². The molecule has 84 valence electrons. The van der Waals surface area contributed by atoms with Crippen molar-refractivity contribution in [2.24, 2.45) is 0 Å². The van der Waals surface area contributed by atoms with Crippen LogP contribution in [0.4, 0.5) is 0 Å². The van der Waals surface area contributed by atoms with Gasteiger partial charge in [0.1, 0.15) is 5.75 Å². The Morgan fingerprint density at radius 3 is 2.60 bits per heavy atom. The van der Waals surface area contributed by atoms with E-state index in [0.717, 1.165) is 15.6 Å². The Kier molecular flexibility index (Phi) is 5.68. The lowest BCUT2D eigenvalue weighted by Crippen LogP contribution is -2.02. The molecule has 15 heavy (non-hydrogen) atoms. The number of hydrogen-bond acceptors (Lipinski definition) is 2. The molecule has 0 radical (unpaired) electrons. The monoisotopic (exact) mass is 294 g/mol. The van der Waals surface area contributed by atoms with Crippen LogP contribution in [0.25, 0.3) is 0 Å². The second-order valence-electron chi connectivity index (χ2n) is 2.98. The average molecular weight is 296 g/mol. The van der Waals surface area contributed by atoms with Crippen molar-refractivity contribution in [3.8, 4) is 5.75 Å². The summed E-state index contributed by atoms with van der Waals surface area (Å²) >= 11 is 3.32. The second kappa shape index (κ2) is 5.98. The third-order valence-corrected chi connectivity index (χ3v) is 2.64. The molecule has 0 aliphatic rings. The highest BCUT2D eigenvalue weighted by Crippen LogP contribution is 2.27. The predicted octanol–water partition coefficient (Wildman–Crippen LogP) is 2.82. The number of ether oxygens (including phenoxy) is 1. The summed E-state index contributed by atoms with van der Waals surface area (Å²) in [5.74, 6) is -0.138. The Morgan fingerprint density at radius 2 is 2.13 bits per heavy atom. The molecular weight excluding hydrogens is 283 g/mol. The first kappa shape index (κ1) is 14.3. The van der Waals surface area contributed by atoms with Gasteiger partial charge >= 0.3 is 5.97 Å². The molecule has 0 unspecified atom stereocenters. The van der Waals surface area contributed by atoms with Crippen molar-refractivity contribution in [3.05, 3.63) is 27.7 Å². The molecule has 3 nitrogen and oxygen atoms in total. The number of carboxylic acids is 1. The number of aryl methyl sites for hydroxylation is 1. The van der Waals surface area contributed by atoms with E-state index in [1.54, 1.807) is 13.2 Å². The van der Waals surface area contributed by atoms with Crippen LogP contribution in [0.1, 0.15) is 11.1 Å². The van der Waals surface area contributed by atoms with E-state index in [-0.39, 0.29) is 18.8 Å². The average Bonchev–Trinajstić information content (AvgIpc) is 2.09. The zero-order chi connectivity index (χ0) is 10.7. The highest BCUT2D eigenvalue weighted by atomic mass is 79.9. The highest BCUT2D eigenvalue weighted by molar-refractivity contribution is 9.10. The largest absolute Gasteiger partial charge is 0.496 e. The minimum absolute atomic E-state index is 0. The molecule has 0 heterocycles. The Labute approximate surface area is 103 Å². The van der Waals surface area contributed by atoms with Crippen molar-refractivity contribution in [3.63, 3.8) is 0 Å². The number of carbonyl (C=O) groups is 1. The fourth-order valence-electron chi connectivity index (χ4n) is 1.21. The maximum atomic E-state index is 10.5. The van der Waals surface area contributed by atoms with E-state index in [2.05, 4.69) is 15.9 Å². The van der Waals surface area contributed by atoms with Crippen LogP contribution in [-0.2, 0) is 11.2 Å². The van der Waals surface area contributed by atoms with Crippen molar-refractivity contribution >= 4 is 34.3 Å². The van der Waals surface area contributed by atoms with E-state index >= 15 is 0 Å². The van der Waals surface area contributed by atoms with Crippen LogP contribution >= 0.6 is 28.3 Å². The van der Waals surface area contributed by atoms with Gasteiger partial charge in [-0.3, -0.25) is 4.79 Å². The van der Waals surface area contributed by atoms with E-state index < -0.39 is 5.97 Å². The lowest BCUT2D eigenvalue weighted by molar-refractivity contribution is -0.136. The van der Waals surface area contributed by atoms with Crippen LogP contribution in [-0.4, -0.2) is 18.2 Å². The minimum Gasteiger partial charge on any atom is -0.496 e. The van der Waals surface area contributed by atoms with Crippen LogP contribution in [0.2, 0.25) is 0 Å². The van der Waals surface area contributed by atoms with Crippen molar-refractivity contribution in [1.29, 1.82) is 0 Å². The maximum absolute atomic E-state index is 10.5. The first-order chi connectivity index (χ1) is 6.54. The van der Waals surface area contributed by atoms with Gasteiger partial charge in [0.25, 0.3) is 0 Å². The highest BCUT2D eigenvalue weighted by Gasteiger charge is 2.08. The van der Waals surface area contributed by atoms with Crippen LogP contribution in [0.5, 0.6) is 5.75 Å². The standard InChI is InChI=1S/C10H11BrO3.ClH/c1-6-3-8(11)7(5-10(12)13)4-9(6)14-2;/h3-4H,5H2,1-2H3,(H,12,13);1H. The summed E-state index contributed by atoms with van der Waals surface area (Å²) in [7, 11) is 1.57. The predicted molar refractivity (Wildman–Crippen MR) is 64.0 cm³/mol. The zero-order valence-electron chi connectivity index (χ0n) is 8.41. The lowest BCUT2D eigenvalue weighted by Gasteiger charge is -2.08. The molecule has 0 aliphatic heterocycles. The first-order valence-electron chi connectivity index (χ1n) is 4.09. The number of carboxylic acid groups (broad SMARTS) is 1. The molecule has 1 aromatic rings. The molecule has 0 bridgehead atoms. The normalized spacial score (nSPS) is 9.27. The van der Waals surface area contributed by atoms with E-state index in [9.17, 15) is 4.79 Å². The molecule has 0 spiro atoms. The van der Waals surface area contributed by atoms with Gasteiger partial charge in [0.2, 0.25) is 0 Å². The number of methoxy groups -OCH3 is 1. The van der Waals surface area contributed by atoms with Crippen LogP contribution in [0.3, 0.4) is 0 Å². The second-order valence-corrected chi connectivity index (χ2v) is 3.84. The van der Waals surface area contributed by atoms with Gasteiger partial charge in [-0.1, -0.05) is 15.9 Å². The number of benzene rings is 1. The van der Waals surface area contributed by atoms with E-state index in [1.165, 1.54) is 0 Å². The van der Waals surface area contributed by atoms with Crippen LogP contribution < -0.4 is 4.74 Å². The van der Waals surface area contributed by atoms with Crippen molar-refractivity contribution in [2.75, 3.05) is 7.11 Å². The first-order valence-corrected chi connectivity index (χ1v) is 4.88. The zero-order valence-corrected chi connectivity index (χ0v) is 10.8. The van der Waals surface area contributed by atoms with Crippen molar-refractivity contribution < 1.29 is 14.6 Å². The molecule has 0 fully saturated rings. The third-order valence-electron chi connectivity index (χ3n) is 1.91. The molecule has 0 saturated heterocycles. The topological polar surface area (TPSA) is 46.5 Å². The molecule has 1 rings (SSSR count). The SMILES string of the molecule is COc1cc(CC(=O)O)c(Br)cc1C.Cl. The molecule has 0 amide bonds. The fraction of sp³-hybridized carbons (Fsp3) is 0.300. The summed E-state index contributed by atoms with van der Waals surface area (Å²) in [5, 5.41) is 8.66. The fourth-order valence-corrected chi connectivity index (χ4v) is 1.81. The van der Waals surface area contributed by atoms with Gasteiger partial charge < -0.3 is 9.84 Å². The smallest absolute Gasteiger partial charge is 0.307 e. The van der Waals surface area contributed by atoms with Gasteiger partial charge in [-0.2, -0.15) is 0 Å². The van der Waals surface area contributed by atoms with Gasteiger partial charge in [-0.15, -0.1) is 12.4 Å². The Morgan fingerprint density at radius 1 is 1.53 bits per heavy atom. The van der Waals surface area contributed by atoms with Gasteiger partial charge in [0, 0.05) is 4.47 Å². The van der Waals surface area contributed by atoms with Crippen molar-refractivity contribution in [2.45, 2.75) is 13.3 Å². The quantitative estimate of drug-likeness (QED) is 0.933. The van der Waals surface area contributed by atoms with Crippen LogP contribution in [0.15, 0.2) is 16.6 Å². The van der Waals surface area contributed by atoms with Gasteiger partial charge in [-0.05, 0) is 30.2 Å². The summed E-state index contributed by atoms with van der Waals surface area (Å²) in [6.45, 7) is 1.91. The summed E-state index contributed by atoms with van der Waals surface area (Å²) in [6, 6.07) is 3.60. The number of halogens is 2. The maximum Gasteiger partial charge on any atom is 0.307 e. The number of rotatable bonds is 3. The Hall–Kier alpha value is -0.740. The molecule has 0 aliphatic carbocycles. The molecule has 5 heteroatoms.